The number of rotatable bonds is 8. The fraction of sp³-hybridized carbons (Fsp3) is 0.375. The zero-order chi connectivity index (χ0) is 24.0. The van der Waals surface area contributed by atoms with E-state index >= 15 is 0 Å². The molecule has 176 valence electrons. The van der Waals surface area contributed by atoms with E-state index in [2.05, 4.69) is 46.4 Å². The molecule has 0 aliphatic carbocycles. The molecule has 3 rings (SSSR count). The molecule has 0 saturated carbocycles. The van der Waals surface area contributed by atoms with Crippen molar-refractivity contribution in [1.29, 1.82) is 0 Å². The Balaban J connectivity index is 1.80. The maximum absolute atomic E-state index is 13.1. The lowest BCUT2D eigenvalue weighted by Gasteiger charge is -2.34. The molecule has 1 aromatic carbocycles. The average molecular weight is 472 g/mol. The highest BCUT2D eigenvalue weighted by Crippen LogP contribution is 2.25. The lowest BCUT2D eigenvalue weighted by molar-refractivity contribution is -0.121. The number of hydrogen-bond acceptors (Lipinski definition) is 6. The fourth-order valence-corrected chi connectivity index (χ4v) is 3.87. The van der Waals surface area contributed by atoms with E-state index < -0.39 is 5.91 Å². The third-order valence-corrected chi connectivity index (χ3v) is 5.92. The summed E-state index contributed by atoms with van der Waals surface area (Å²) in [6, 6.07) is 8.82. The van der Waals surface area contributed by atoms with Crippen LogP contribution in [0.25, 0.3) is 5.70 Å². The van der Waals surface area contributed by atoms with Crippen LogP contribution >= 0.6 is 11.6 Å². The molecular weight excluding hydrogens is 442 g/mol. The Bertz CT molecular complexity index is 1000. The first-order chi connectivity index (χ1) is 15.8. The SMILES string of the molecule is C=C(NOC)c1ccc(NC(=O)C2CCN(C(C)C)CC2)c(C(=O)Nc2ccc(Cl)cn2)c1. The highest BCUT2D eigenvalue weighted by molar-refractivity contribution is 6.30. The van der Waals surface area contributed by atoms with Gasteiger partial charge in [0, 0.05) is 23.7 Å². The summed E-state index contributed by atoms with van der Waals surface area (Å²) in [5.74, 6) is -0.249. The van der Waals surface area contributed by atoms with Crippen LogP contribution < -0.4 is 16.1 Å². The summed E-state index contributed by atoms with van der Waals surface area (Å²) < 4.78 is 0. The van der Waals surface area contributed by atoms with E-state index in [1.165, 1.54) is 13.3 Å². The van der Waals surface area contributed by atoms with Gasteiger partial charge >= 0.3 is 0 Å². The van der Waals surface area contributed by atoms with Crippen molar-refractivity contribution < 1.29 is 14.4 Å². The van der Waals surface area contributed by atoms with Crippen molar-refractivity contribution in [3.8, 4) is 0 Å². The third kappa shape index (κ3) is 6.54. The second-order valence-electron chi connectivity index (χ2n) is 8.25. The van der Waals surface area contributed by atoms with Gasteiger partial charge in [0.2, 0.25) is 5.91 Å². The van der Waals surface area contributed by atoms with Crippen LogP contribution in [0.3, 0.4) is 0 Å². The van der Waals surface area contributed by atoms with Crippen LogP contribution in [0.4, 0.5) is 11.5 Å². The molecule has 1 saturated heterocycles. The lowest BCUT2D eigenvalue weighted by atomic mass is 9.94. The average Bonchev–Trinajstić information content (AvgIpc) is 2.81. The molecule has 2 aromatic rings. The molecule has 3 N–H and O–H groups in total. The van der Waals surface area contributed by atoms with Gasteiger partial charge in [-0.15, -0.1) is 0 Å². The van der Waals surface area contributed by atoms with Gasteiger partial charge in [0.15, 0.2) is 0 Å². The normalized spacial score (nSPS) is 14.7. The Labute approximate surface area is 199 Å². The van der Waals surface area contributed by atoms with Gasteiger partial charge in [-0.25, -0.2) is 4.98 Å². The zero-order valence-corrected chi connectivity index (χ0v) is 19.9. The monoisotopic (exact) mass is 471 g/mol. The number of benzene rings is 1. The highest BCUT2D eigenvalue weighted by Gasteiger charge is 2.27. The largest absolute Gasteiger partial charge is 0.325 e. The Hall–Kier alpha value is -2.94. The van der Waals surface area contributed by atoms with E-state index in [4.69, 9.17) is 16.4 Å². The smallest absolute Gasteiger partial charge is 0.258 e. The van der Waals surface area contributed by atoms with Crippen LogP contribution in [0.1, 0.15) is 42.6 Å². The van der Waals surface area contributed by atoms with E-state index in [0.717, 1.165) is 25.9 Å². The molecule has 8 nitrogen and oxygen atoms in total. The number of nitrogens with zero attached hydrogens (tertiary/aromatic N) is 2. The van der Waals surface area contributed by atoms with Crippen molar-refractivity contribution in [1.82, 2.24) is 15.4 Å². The number of carbonyl (C=O) groups excluding carboxylic acids is 2. The van der Waals surface area contributed by atoms with Crippen molar-refractivity contribution in [2.45, 2.75) is 32.7 Å². The minimum atomic E-state index is -0.415. The number of pyridine rings is 1. The number of piperidine rings is 1. The second kappa shape index (κ2) is 11.3. The highest BCUT2D eigenvalue weighted by atomic mass is 35.5. The maximum atomic E-state index is 13.1. The zero-order valence-electron chi connectivity index (χ0n) is 19.2. The summed E-state index contributed by atoms with van der Waals surface area (Å²) in [5.41, 5.74) is 4.50. The van der Waals surface area contributed by atoms with Crippen molar-refractivity contribution in [2.75, 3.05) is 30.8 Å². The molecule has 0 spiro atoms. The summed E-state index contributed by atoms with van der Waals surface area (Å²) in [6.45, 7) is 9.99. The van der Waals surface area contributed by atoms with E-state index in [1.807, 2.05) is 0 Å². The van der Waals surface area contributed by atoms with Crippen LogP contribution in [-0.4, -0.2) is 47.9 Å². The molecule has 1 aliphatic rings. The molecule has 33 heavy (non-hydrogen) atoms. The topological polar surface area (TPSA) is 95.6 Å². The van der Waals surface area contributed by atoms with Crippen molar-refractivity contribution in [3.63, 3.8) is 0 Å². The second-order valence-corrected chi connectivity index (χ2v) is 8.69. The van der Waals surface area contributed by atoms with Crippen LogP contribution in [0, 0.1) is 5.92 Å². The van der Waals surface area contributed by atoms with Crippen LogP contribution in [0.2, 0.25) is 5.02 Å². The van der Waals surface area contributed by atoms with E-state index in [-0.39, 0.29) is 17.4 Å². The van der Waals surface area contributed by atoms with E-state index in [9.17, 15) is 9.59 Å². The lowest BCUT2D eigenvalue weighted by Crippen LogP contribution is -2.41. The number of hydrogen-bond donors (Lipinski definition) is 3. The Morgan fingerprint density at radius 2 is 1.91 bits per heavy atom. The van der Waals surface area contributed by atoms with Crippen LogP contribution in [0.15, 0.2) is 43.1 Å². The van der Waals surface area contributed by atoms with E-state index in [0.29, 0.717) is 33.8 Å². The number of amides is 2. The Kier molecular flexibility index (Phi) is 8.43. The molecule has 2 amide bonds. The molecule has 0 unspecified atom stereocenters. The van der Waals surface area contributed by atoms with Crippen molar-refractivity contribution >= 4 is 40.6 Å². The number of hydroxylamine groups is 1. The first-order valence-electron chi connectivity index (χ1n) is 10.9. The van der Waals surface area contributed by atoms with Crippen molar-refractivity contribution in [3.05, 3.63) is 59.3 Å². The van der Waals surface area contributed by atoms with Gasteiger partial charge < -0.3 is 15.5 Å². The Morgan fingerprint density at radius 3 is 2.52 bits per heavy atom. The van der Waals surface area contributed by atoms with Gasteiger partial charge in [0.05, 0.1) is 29.1 Å². The molecule has 0 bridgehead atoms. The first-order valence-corrected chi connectivity index (χ1v) is 11.3. The number of halogens is 1. The van der Waals surface area contributed by atoms with Crippen LogP contribution in [0.5, 0.6) is 0 Å². The minimum absolute atomic E-state index is 0.0846. The standard InChI is InChI=1S/C24H30ClN5O3/c1-15(2)30-11-9-17(10-12-30)23(31)27-21-7-5-18(16(3)29-33-4)13-20(21)24(32)28-22-8-6-19(25)14-26-22/h5-8,13-15,17,29H,3,9-12H2,1-2,4H3,(H,27,31)(H,26,28,32). The molecule has 2 heterocycles. The summed E-state index contributed by atoms with van der Waals surface area (Å²) >= 11 is 5.88. The molecule has 9 heteroatoms. The number of aromatic nitrogens is 1. The summed E-state index contributed by atoms with van der Waals surface area (Å²) in [6.07, 6.45) is 3.02. The van der Waals surface area contributed by atoms with Gasteiger partial charge in [-0.05, 0) is 64.0 Å². The van der Waals surface area contributed by atoms with Gasteiger partial charge in [-0.1, -0.05) is 24.2 Å². The summed E-state index contributed by atoms with van der Waals surface area (Å²) in [4.78, 5) is 37.5. The fourth-order valence-electron chi connectivity index (χ4n) is 3.76. The molecule has 1 aliphatic heterocycles. The quantitative estimate of drug-likeness (QED) is 0.500. The number of likely N-dealkylation sites (tertiary alicyclic amines) is 1. The van der Waals surface area contributed by atoms with Crippen molar-refractivity contribution in [2.24, 2.45) is 5.92 Å². The predicted molar refractivity (Wildman–Crippen MR) is 131 cm³/mol. The number of carbonyl (C=O) groups is 2. The van der Waals surface area contributed by atoms with Gasteiger partial charge in [-0.3, -0.25) is 19.9 Å². The minimum Gasteiger partial charge on any atom is -0.325 e. The molecule has 1 fully saturated rings. The maximum Gasteiger partial charge on any atom is 0.258 e. The van der Waals surface area contributed by atoms with Gasteiger partial charge in [0.1, 0.15) is 5.82 Å². The van der Waals surface area contributed by atoms with E-state index in [1.54, 1.807) is 30.3 Å². The molecular formula is C24H30ClN5O3. The predicted octanol–water partition coefficient (Wildman–Crippen LogP) is 4.17. The number of nitrogens with one attached hydrogen (secondary N) is 3. The summed E-state index contributed by atoms with van der Waals surface area (Å²) in [5, 5.41) is 6.17. The third-order valence-electron chi connectivity index (χ3n) is 5.70. The van der Waals surface area contributed by atoms with Crippen LogP contribution in [-0.2, 0) is 9.63 Å². The Morgan fingerprint density at radius 1 is 1.18 bits per heavy atom. The molecule has 0 atom stereocenters. The number of anilines is 2. The van der Waals surface area contributed by atoms with Gasteiger partial charge in [0.25, 0.3) is 5.91 Å². The molecule has 0 radical (unpaired) electrons. The first kappa shape index (κ1) is 24.7. The molecule has 1 aromatic heterocycles. The van der Waals surface area contributed by atoms with Gasteiger partial charge in [-0.2, -0.15) is 0 Å². The summed E-state index contributed by atoms with van der Waals surface area (Å²) in [7, 11) is 1.48.